The van der Waals surface area contributed by atoms with Gasteiger partial charge in [-0.3, -0.25) is 0 Å². The lowest BCUT2D eigenvalue weighted by Gasteiger charge is -2.16. The van der Waals surface area contributed by atoms with Crippen LogP contribution in [0.25, 0.3) is 0 Å². The molecule has 4 heteroatoms. The van der Waals surface area contributed by atoms with Gasteiger partial charge in [0, 0.05) is 15.8 Å². The molecule has 0 atom stereocenters. The first-order chi connectivity index (χ1) is 9.97. The Morgan fingerprint density at radius 2 is 1.81 bits per heavy atom. The van der Waals surface area contributed by atoms with Gasteiger partial charge in [-0.05, 0) is 60.5 Å². The molecule has 0 heterocycles. The van der Waals surface area contributed by atoms with Crippen LogP contribution in [0.5, 0.6) is 0 Å². The van der Waals surface area contributed by atoms with Gasteiger partial charge in [-0.1, -0.05) is 48.0 Å². The largest absolute Gasteiger partial charge is 0.332 e. The second kappa shape index (κ2) is 7.05. The van der Waals surface area contributed by atoms with Gasteiger partial charge < -0.3 is 10.6 Å². The fourth-order valence-corrected chi connectivity index (χ4v) is 2.60. The van der Waals surface area contributed by atoms with Crippen molar-refractivity contribution >= 4 is 44.6 Å². The van der Waals surface area contributed by atoms with Crippen molar-refractivity contribution in [3.05, 3.63) is 58.1 Å². The number of halogens is 1. The maximum atomic E-state index is 5.41. The monoisotopic (exact) mass is 362 g/mol. The van der Waals surface area contributed by atoms with Crippen LogP contribution in [-0.4, -0.2) is 5.11 Å². The van der Waals surface area contributed by atoms with Crippen molar-refractivity contribution in [1.82, 2.24) is 0 Å². The van der Waals surface area contributed by atoms with Crippen LogP contribution < -0.4 is 10.6 Å². The highest BCUT2D eigenvalue weighted by atomic mass is 79.9. The minimum atomic E-state index is 0.450. The van der Waals surface area contributed by atoms with Crippen LogP contribution in [0.4, 0.5) is 11.4 Å². The molecule has 21 heavy (non-hydrogen) atoms. The zero-order valence-electron chi connectivity index (χ0n) is 12.4. The zero-order valence-corrected chi connectivity index (χ0v) is 14.8. The highest BCUT2D eigenvalue weighted by Gasteiger charge is 2.07. The number of hydrogen-bond acceptors (Lipinski definition) is 1. The molecule has 0 fully saturated rings. The van der Waals surface area contributed by atoms with E-state index < -0.39 is 0 Å². The second-order valence-electron chi connectivity index (χ2n) is 5.29. The average Bonchev–Trinajstić information content (AvgIpc) is 2.43. The van der Waals surface area contributed by atoms with Gasteiger partial charge in [0.2, 0.25) is 0 Å². The normalized spacial score (nSPS) is 10.5. The summed E-state index contributed by atoms with van der Waals surface area (Å²) >= 11 is 8.90. The molecular formula is C17H19BrN2S. The highest BCUT2D eigenvalue weighted by molar-refractivity contribution is 9.10. The Morgan fingerprint density at radius 1 is 1.10 bits per heavy atom. The summed E-state index contributed by atoms with van der Waals surface area (Å²) in [6.45, 7) is 6.41. The van der Waals surface area contributed by atoms with Crippen LogP contribution in [0.15, 0.2) is 46.9 Å². The molecule has 2 rings (SSSR count). The van der Waals surface area contributed by atoms with Crippen LogP contribution in [0.3, 0.4) is 0 Å². The van der Waals surface area contributed by atoms with E-state index in [0.717, 1.165) is 15.8 Å². The number of para-hydroxylation sites is 1. The first-order valence-corrected chi connectivity index (χ1v) is 8.10. The molecule has 0 aliphatic heterocycles. The van der Waals surface area contributed by atoms with Gasteiger partial charge in [0.15, 0.2) is 5.11 Å². The fourth-order valence-electron chi connectivity index (χ4n) is 2.12. The smallest absolute Gasteiger partial charge is 0.175 e. The lowest BCUT2D eigenvalue weighted by Crippen LogP contribution is -2.20. The summed E-state index contributed by atoms with van der Waals surface area (Å²) in [5.74, 6) is 0.450. The molecule has 0 saturated carbocycles. The Kier molecular flexibility index (Phi) is 5.37. The number of benzene rings is 2. The predicted molar refractivity (Wildman–Crippen MR) is 99.3 cm³/mol. The number of aryl methyl sites for hydroxylation is 1. The topological polar surface area (TPSA) is 24.1 Å². The predicted octanol–water partition coefficient (Wildman–Crippen LogP) is 5.69. The molecule has 0 unspecified atom stereocenters. The number of nitrogens with one attached hydrogen (secondary N) is 2. The minimum absolute atomic E-state index is 0.450. The van der Waals surface area contributed by atoms with Crippen molar-refractivity contribution in [2.75, 3.05) is 10.6 Å². The lowest BCUT2D eigenvalue weighted by molar-refractivity contribution is 0.869. The van der Waals surface area contributed by atoms with Gasteiger partial charge in [0.05, 0.1) is 0 Å². The zero-order chi connectivity index (χ0) is 15.4. The number of thiocarbonyl (C=S) groups is 1. The maximum Gasteiger partial charge on any atom is 0.175 e. The highest BCUT2D eigenvalue weighted by Crippen LogP contribution is 2.24. The Morgan fingerprint density at radius 3 is 2.48 bits per heavy atom. The van der Waals surface area contributed by atoms with Gasteiger partial charge >= 0.3 is 0 Å². The van der Waals surface area contributed by atoms with Crippen molar-refractivity contribution in [1.29, 1.82) is 0 Å². The van der Waals surface area contributed by atoms with E-state index in [2.05, 4.69) is 71.6 Å². The van der Waals surface area contributed by atoms with Crippen molar-refractivity contribution in [2.45, 2.75) is 26.7 Å². The van der Waals surface area contributed by atoms with Crippen LogP contribution in [-0.2, 0) is 0 Å². The maximum absolute atomic E-state index is 5.41. The number of rotatable bonds is 3. The summed E-state index contributed by atoms with van der Waals surface area (Å²) in [6.07, 6.45) is 0. The van der Waals surface area contributed by atoms with Crippen molar-refractivity contribution in [2.24, 2.45) is 0 Å². The molecule has 0 amide bonds. The Balaban J connectivity index is 2.10. The standard InChI is InChI=1S/C17H19BrN2S/c1-11(2)14-6-4-5-7-16(14)20-17(21)19-13-8-9-15(18)12(3)10-13/h4-11H,1-3H3,(H2,19,20,21). The van der Waals surface area contributed by atoms with E-state index in [1.165, 1.54) is 11.1 Å². The molecule has 0 aliphatic rings. The molecule has 0 saturated heterocycles. The van der Waals surface area contributed by atoms with Crippen LogP contribution in [0, 0.1) is 6.92 Å². The number of anilines is 2. The molecule has 0 aromatic heterocycles. The Bertz CT molecular complexity index is 653. The van der Waals surface area contributed by atoms with Gasteiger partial charge in [0.25, 0.3) is 0 Å². The molecule has 0 radical (unpaired) electrons. The van der Waals surface area contributed by atoms with Crippen LogP contribution >= 0.6 is 28.1 Å². The summed E-state index contributed by atoms with van der Waals surface area (Å²) in [5.41, 5.74) is 4.47. The molecule has 2 aromatic carbocycles. The fraction of sp³-hybridized carbons (Fsp3) is 0.235. The molecule has 2 nitrogen and oxygen atoms in total. The van der Waals surface area contributed by atoms with E-state index in [0.29, 0.717) is 11.0 Å². The first kappa shape index (κ1) is 16.0. The van der Waals surface area contributed by atoms with E-state index >= 15 is 0 Å². The van der Waals surface area contributed by atoms with Crippen molar-refractivity contribution in [3.8, 4) is 0 Å². The summed E-state index contributed by atoms with van der Waals surface area (Å²) < 4.78 is 1.09. The third kappa shape index (κ3) is 4.29. The molecule has 0 bridgehead atoms. The van der Waals surface area contributed by atoms with Crippen molar-refractivity contribution in [3.63, 3.8) is 0 Å². The third-order valence-corrected chi connectivity index (χ3v) is 4.34. The SMILES string of the molecule is Cc1cc(NC(=S)Nc2ccccc2C(C)C)ccc1Br. The van der Waals surface area contributed by atoms with E-state index in [9.17, 15) is 0 Å². The average molecular weight is 363 g/mol. The molecule has 2 aromatic rings. The third-order valence-electron chi connectivity index (χ3n) is 3.25. The van der Waals surface area contributed by atoms with Crippen LogP contribution in [0.2, 0.25) is 0 Å². The van der Waals surface area contributed by atoms with Gasteiger partial charge in [-0.15, -0.1) is 0 Å². The first-order valence-electron chi connectivity index (χ1n) is 6.90. The van der Waals surface area contributed by atoms with E-state index in [1.807, 2.05) is 18.2 Å². The molecule has 2 N–H and O–H groups in total. The number of hydrogen-bond donors (Lipinski definition) is 2. The van der Waals surface area contributed by atoms with E-state index in [4.69, 9.17) is 12.2 Å². The quantitative estimate of drug-likeness (QED) is 0.685. The molecule has 0 aliphatic carbocycles. The Hall–Kier alpha value is -1.39. The van der Waals surface area contributed by atoms with Crippen molar-refractivity contribution < 1.29 is 0 Å². The second-order valence-corrected chi connectivity index (χ2v) is 6.55. The van der Waals surface area contributed by atoms with Gasteiger partial charge in [-0.25, -0.2) is 0 Å². The minimum Gasteiger partial charge on any atom is -0.332 e. The summed E-state index contributed by atoms with van der Waals surface area (Å²) in [7, 11) is 0. The van der Waals surface area contributed by atoms with Gasteiger partial charge in [-0.2, -0.15) is 0 Å². The summed E-state index contributed by atoms with van der Waals surface area (Å²) in [5, 5.41) is 7.11. The Labute approximate surface area is 140 Å². The van der Waals surface area contributed by atoms with E-state index in [1.54, 1.807) is 0 Å². The molecule has 0 spiro atoms. The molecular weight excluding hydrogens is 344 g/mol. The van der Waals surface area contributed by atoms with E-state index in [-0.39, 0.29) is 0 Å². The van der Waals surface area contributed by atoms with Crippen LogP contribution in [0.1, 0.15) is 30.9 Å². The lowest BCUT2D eigenvalue weighted by atomic mass is 10.0. The summed E-state index contributed by atoms with van der Waals surface area (Å²) in [6, 6.07) is 14.3. The van der Waals surface area contributed by atoms with Gasteiger partial charge in [0.1, 0.15) is 0 Å². The molecule has 110 valence electrons. The summed E-state index contributed by atoms with van der Waals surface area (Å²) in [4.78, 5) is 0.